The van der Waals surface area contributed by atoms with Gasteiger partial charge in [-0.1, -0.05) is 12.8 Å². The summed E-state index contributed by atoms with van der Waals surface area (Å²) in [6.07, 6.45) is 8.07. The van der Waals surface area contributed by atoms with Crippen LogP contribution in [0.2, 0.25) is 0 Å². The third-order valence-corrected chi connectivity index (χ3v) is 1.92. The summed E-state index contributed by atoms with van der Waals surface area (Å²) in [4.78, 5) is 0. The van der Waals surface area contributed by atoms with Gasteiger partial charge in [-0.25, -0.2) is 5.43 Å². The van der Waals surface area contributed by atoms with Crippen LogP contribution in [0.4, 0.5) is 0 Å². The Morgan fingerprint density at radius 1 is 1.85 bits per heavy atom. The van der Waals surface area contributed by atoms with Gasteiger partial charge in [-0.05, 0) is 6.42 Å². The Kier molecular flexibility index (Phi) is 3.07. The van der Waals surface area contributed by atoms with Crippen molar-refractivity contribution < 1.29 is 0 Å². The molecule has 0 aliphatic heterocycles. The Bertz CT molecular complexity index is 321. The van der Waals surface area contributed by atoms with Gasteiger partial charge < -0.3 is 0 Å². The molecule has 13 heavy (non-hydrogen) atoms. The van der Waals surface area contributed by atoms with Crippen LogP contribution in [0.15, 0.2) is 6.20 Å². The van der Waals surface area contributed by atoms with Gasteiger partial charge >= 0.3 is 0 Å². The Balaban J connectivity index is 3.05. The van der Waals surface area contributed by atoms with Gasteiger partial charge in [0.05, 0.1) is 5.69 Å². The minimum absolute atomic E-state index is 0.247. The third-order valence-electron chi connectivity index (χ3n) is 1.92. The molecule has 1 rings (SSSR count). The number of nitrogens with two attached hydrogens (primary N) is 1. The molecule has 0 aliphatic rings. The molecule has 1 atom stereocenters. The highest BCUT2D eigenvalue weighted by Gasteiger charge is 2.13. The molecule has 4 nitrogen and oxygen atoms in total. The van der Waals surface area contributed by atoms with Gasteiger partial charge in [-0.2, -0.15) is 5.10 Å². The van der Waals surface area contributed by atoms with Crippen molar-refractivity contribution in [2.24, 2.45) is 12.9 Å². The fourth-order valence-corrected chi connectivity index (χ4v) is 1.30. The zero-order valence-electron chi connectivity index (χ0n) is 7.91. The molecule has 0 fully saturated rings. The molecule has 1 unspecified atom stereocenters. The molecule has 0 amide bonds. The minimum Gasteiger partial charge on any atom is -0.275 e. The Morgan fingerprint density at radius 2 is 2.54 bits per heavy atom. The maximum absolute atomic E-state index is 5.32. The minimum atomic E-state index is -0.247. The highest BCUT2D eigenvalue weighted by Crippen LogP contribution is 2.15. The third kappa shape index (κ3) is 1.89. The number of terminal acetylenes is 1. The van der Waals surface area contributed by atoms with E-state index < -0.39 is 0 Å². The fourth-order valence-electron chi connectivity index (χ4n) is 1.30. The molecule has 1 aromatic heterocycles. The first-order valence-electron chi connectivity index (χ1n) is 4.17. The van der Waals surface area contributed by atoms with E-state index in [0.717, 1.165) is 17.7 Å². The summed E-state index contributed by atoms with van der Waals surface area (Å²) < 4.78 is 1.75. The van der Waals surface area contributed by atoms with E-state index in [0.29, 0.717) is 0 Å². The van der Waals surface area contributed by atoms with E-state index in [1.807, 2.05) is 20.2 Å². The molecule has 0 aliphatic carbocycles. The van der Waals surface area contributed by atoms with E-state index in [1.165, 1.54) is 0 Å². The van der Waals surface area contributed by atoms with Crippen LogP contribution < -0.4 is 11.3 Å². The van der Waals surface area contributed by atoms with Gasteiger partial charge in [0.25, 0.3) is 0 Å². The lowest BCUT2D eigenvalue weighted by Crippen LogP contribution is -2.27. The van der Waals surface area contributed by atoms with Crippen LogP contribution in [0.5, 0.6) is 0 Å². The first-order chi connectivity index (χ1) is 6.22. The second-order valence-corrected chi connectivity index (χ2v) is 2.82. The number of aryl methyl sites for hydroxylation is 2. The molecule has 1 aromatic rings. The zero-order chi connectivity index (χ0) is 9.84. The normalized spacial score (nSPS) is 12.5. The van der Waals surface area contributed by atoms with Crippen molar-refractivity contribution in [1.82, 2.24) is 15.2 Å². The average molecular weight is 178 g/mol. The first-order valence-corrected chi connectivity index (χ1v) is 4.17. The molecule has 4 heteroatoms. The highest BCUT2D eigenvalue weighted by molar-refractivity contribution is 5.27. The lowest BCUT2D eigenvalue weighted by molar-refractivity contribution is 0.667. The van der Waals surface area contributed by atoms with Crippen LogP contribution in [0.25, 0.3) is 0 Å². The number of hydrogen-bond acceptors (Lipinski definition) is 3. The SMILES string of the molecule is C#CC(NN)c1cn(C)nc1CC. The maximum Gasteiger partial charge on any atom is 0.110 e. The van der Waals surface area contributed by atoms with E-state index in [9.17, 15) is 0 Å². The molecular formula is C9H14N4. The summed E-state index contributed by atoms with van der Waals surface area (Å²) in [5, 5.41) is 4.27. The van der Waals surface area contributed by atoms with Gasteiger partial charge in [0.15, 0.2) is 0 Å². The molecule has 1 heterocycles. The van der Waals surface area contributed by atoms with Crippen molar-refractivity contribution in [3.63, 3.8) is 0 Å². The van der Waals surface area contributed by atoms with E-state index in [2.05, 4.69) is 16.4 Å². The Hall–Kier alpha value is -1.31. The molecule has 70 valence electrons. The average Bonchev–Trinajstić information content (AvgIpc) is 2.49. The van der Waals surface area contributed by atoms with Gasteiger partial charge in [0, 0.05) is 18.8 Å². The van der Waals surface area contributed by atoms with Crippen molar-refractivity contribution in [1.29, 1.82) is 0 Å². The largest absolute Gasteiger partial charge is 0.275 e. The first kappa shape index (κ1) is 9.78. The quantitative estimate of drug-likeness (QED) is 0.393. The van der Waals surface area contributed by atoms with Crippen molar-refractivity contribution in [2.75, 3.05) is 0 Å². The molecular weight excluding hydrogens is 164 g/mol. The summed E-state index contributed by atoms with van der Waals surface area (Å²) in [6, 6.07) is -0.247. The van der Waals surface area contributed by atoms with Crippen LogP contribution in [0, 0.1) is 12.3 Å². The summed E-state index contributed by atoms with van der Waals surface area (Å²) in [5.74, 6) is 7.89. The van der Waals surface area contributed by atoms with Crippen molar-refractivity contribution in [3.05, 3.63) is 17.5 Å². The van der Waals surface area contributed by atoms with Crippen LogP contribution in [-0.2, 0) is 13.5 Å². The second kappa shape index (κ2) is 4.08. The number of nitrogens with one attached hydrogen (secondary N) is 1. The summed E-state index contributed by atoms with van der Waals surface area (Å²) in [7, 11) is 1.87. The van der Waals surface area contributed by atoms with Crippen molar-refractivity contribution in [3.8, 4) is 12.3 Å². The van der Waals surface area contributed by atoms with Crippen LogP contribution in [-0.4, -0.2) is 9.78 Å². The molecule has 0 radical (unpaired) electrons. The summed E-state index contributed by atoms with van der Waals surface area (Å²) in [6.45, 7) is 2.04. The molecule has 0 spiro atoms. The summed E-state index contributed by atoms with van der Waals surface area (Å²) >= 11 is 0. The van der Waals surface area contributed by atoms with E-state index in [-0.39, 0.29) is 6.04 Å². The van der Waals surface area contributed by atoms with Crippen molar-refractivity contribution >= 4 is 0 Å². The van der Waals surface area contributed by atoms with Crippen LogP contribution in [0.1, 0.15) is 24.2 Å². The monoisotopic (exact) mass is 178 g/mol. The van der Waals surface area contributed by atoms with E-state index >= 15 is 0 Å². The van der Waals surface area contributed by atoms with Gasteiger partial charge in [-0.15, -0.1) is 6.42 Å². The fraction of sp³-hybridized carbons (Fsp3) is 0.444. The zero-order valence-corrected chi connectivity index (χ0v) is 7.91. The molecule has 0 saturated carbocycles. The lowest BCUT2D eigenvalue weighted by atomic mass is 10.1. The molecule has 3 N–H and O–H groups in total. The number of rotatable bonds is 3. The smallest absolute Gasteiger partial charge is 0.110 e. The number of aromatic nitrogens is 2. The molecule has 0 saturated heterocycles. The number of hydrazine groups is 1. The number of hydrogen-bond donors (Lipinski definition) is 2. The second-order valence-electron chi connectivity index (χ2n) is 2.82. The van der Waals surface area contributed by atoms with Gasteiger partial charge in [0.1, 0.15) is 6.04 Å². The predicted octanol–water partition coefficient (Wildman–Crippen LogP) is 0.120. The van der Waals surface area contributed by atoms with Crippen LogP contribution in [0.3, 0.4) is 0 Å². The van der Waals surface area contributed by atoms with E-state index in [1.54, 1.807) is 4.68 Å². The van der Waals surface area contributed by atoms with E-state index in [4.69, 9.17) is 12.3 Å². The highest BCUT2D eigenvalue weighted by atomic mass is 15.3. The van der Waals surface area contributed by atoms with Gasteiger partial charge in [-0.3, -0.25) is 10.5 Å². The molecule has 0 aromatic carbocycles. The van der Waals surface area contributed by atoms with Gasteiger partial charge in [0.2, 0.25) is 0 Å². The maximum atomic E-state index is 5.32. The number of nitrogens with zero attached hydrogens (tertiary/aromatic N) is 2. The predicted molar refractivity (Wildman–Crippen MR) is 51.5 cm³/mol. The lowest BCUT2D eigenvalue weighted by Gasteiger charge is -2.07. The topological polar surface area (TPSA) is 55.9 Å². The van der Waals surface area contributed by atoms with Crippen molar-refractivity contribution in [2.45, 2.75) is 19.4 Å². The van der Waals surface area contributed by atoms with Crippen LogP contribution >= 0.6 is 0 Å². The standard InChI is InChI=1S/C9H14N4/c1-4-8(11-10)7-6-13(3)12-9(7)5-2/h1,6,8,11H,5,10H2,2-3H3. The summed E-state index contributed by atoms with van der Waals surface area (Å²) in [5.41, 5.74) is 4.54. The Labute approximate surface area is 78.1 Å². The molecule has 0 bridgehead atoms. The Morgan fingerprint density at radius 3 is 3.00 bits per heavy atom.